The molecule has 2 aromatic rings. The number of fused-ring (bicyclic) bond motifs is 1. The zero-order valence-corrected chi connectivity index (χ0v) is 10.4. The topological polar surface area (TPSA) is 42.9 Å². The molecular weight excluding hydrogens is 232 g/mol. The van der Waals surface area contributed by atoms with Gasteiger partial charge >= 0.3 is 0 Å². The summed E-state index contributed by atoms with van der Waals surface area (Å²) in [6, 6.07) is 4.10. The molecule has 0 N–H and O–H groups in total. The highest BCUT2D eigenvalue weighted by atomic mass is 32.1. The van der Waals surface area contributed by atoms with Crippen molar-refractivity contribution in [2.24, 2.45) is 0 Å². The average molecular weight is 244 g/mol. The lowest BCUT2D eigenvalue weighted by atomic mass is 9.96. The summed E-state index contributed by atoms with van der Waals surface area (Å²) in [6.07, 6.45) is 4.12. The van der Waals surface area contributed by atoms with E-state index in [9.17, 15) is 4.79 Å². The van der Waals surface area contributed by atoms with Crippen molar-refractivity contribution < 1.29 is 4.79 Å². The summed E-state index contributed by atoms with van der Waals surface area (Å²) in [5.41, 5.74) is 1.63. The van der Waals surface area contributed by atoms with Crippen molar-refractivity contribution in [2.75, 3.05) is 0 Å². The molecule has 1 aliphatic rings. The van der Waals surface area contributed by atoms with Gasteiger partial charge in [-0.3, -0.25) is 4.79 Å². The van der Waals surface area contributed by atoms with Crippen molar-refractivity contribution in [3.63, 3.8) is 0 Å². The second-order valence-electron chi connectivity index (χ2n) is 4.24. The maximum atomic E-state index is 11.7. The molecule has 0 amide bonds. The fourth-order valence-electron chi connectivity index (χ4n) is 2.07. The molecule has 3 rings (SSSR count). The Morgan fingerprint density at radius 2 is 2.18 bits per heavy atom. The molecule has 0 fully saturated rings. The van der Waals surface area contributed by atoms with Gasteiger partial charge in [-0.1, -0.05) is 0 Å². The Hall–Kier alpha value is -1.55. The number of Topliss-reactive ketones (excluding diaryl/α,β-unsaturated/α-hetero) is 1. The van der Waals surface area contributed by atoms with E-state index in [0.29, 0.717) is 12.0 Å². The number of aryl methyl sites for hydroxylation is 2. The van der Waals surface area contributed by atoms with E-state index in [-0.39, 0.29) is 5.78 Å². The van der Waals surface area contributed by atoms with E-state index in [1.54, 1.807) is 17.5 Å². The first-order valence-electron chi connectivity index (χ1n) is 5.70. The lowest BCUT2D eigenvalue weighted by molar-refractivity contribution is 0.0971. The highest BCUT2D eigenvalue weighted by Crippen LogP contribution is 2.27. The number of thiophene rings is 1. The monoisotopic (exact) mass is 244 g/mol. The van der Waals surface area contributed by atoms with E-state index >= 15 is 0 Å². The molecule has 2 aromatic heterocycles. The normalized spacial score (nSPS) is 14.8. The first-order valence-corrected chi connectivity index (χ1v) is 6.51. The van der Waals surface area contributed by atoms with Crippen LogP contribution in [0.1, 0.15) is 33.8 Å². The minimum atomic E-state index is 0.181. The van der Waals surface area contributed by atoms with Crippen molar-refractivity contribution >= 4 is 17.1 Å². The number of hydrogen-bond donors (Lipinski definition) is 0. The predicted molar refractivity (Wildman–Crippen MR) is 67.4 cm³/mol. The SMILES string of the molecule is Cc1ccc(-c2ncc3c(n2)CCCC3=O)s1. The van der Waals surface area contributed by atoms with Gasteiger partial charge in [0.05, 0.1) is 16.1 Å². The largest absolute Gasteiger partial charge is 0.294 e. The van der Waals surface area contributed by atoms with Crippen LogP contribution < -0.4 is 0 Å². The van der Waals surface area contributed by atoms with E-state index in [2.05, 4.69) is 23.0 Å². The minimum absolute atomic E-state index is 0.181. The average Bonchev–Trinajstić information content (AvgIpc) is 2.76. The van der Waals surface area contributed by atoms with E-state index < -0.39 is 0 Å². The molecule has 0 saturated carbocycles. The fraction of sp³-hybridized carbons (Fsp3) is 0.308. The summed E-state index contributed by atoms with van der Waals surface area (Å²) in [6.45, 7) is 2.07. The molecular formula is C13H12N2OS. The number of ketones is 1. The Morgan fingerprint density at radius 3 is 2.94 bits per heavy atom. The number of carbonyl (C=O) groups excluding carboxylic acids is 1. The molecule has 0 aliphatic heterocycles. The third-order valence-electron chi connectivity index (χ3n) is 2.95. The summed E-state index contributed by atoms with van der Waals surface area (Å²) in [5.74, 6) is 0.928. The van der Waals surface area contributed by atoms with Crippen LogP contribution in [0.15, 0.2) is 18.3 Å². The van der Waals surface area contributed by atoms with Gasteiger partial charge in [0.1, 0.15) is 0 Å². The quantitative estimate of drug-likeness (QED) is 0.774. The van der Waals surface area contributed by atoms with Crippen LogP contribution in [0.5, 0.6) is 0 Å². The Kier molecular flexibility index (Phi) is 2.52. The smallest absolute Gasteiger partial charge is 0.169 e. The summed E-state index contributed by atoms with van der Waals surface area (Å²) in [5, 5.41) is 0. The van der Waals surface area contributed by atoms with Crippen LogP contribution in [0.25, 0.3) is 10.7 Å². The van der Waals surface area contributed by atoms with Crippen molar-refractivity contribution in [1.29, 1.82) is 0 Å². The van der Waals surface area contributed by atoms with Crippen LogP contribution in [0, 0.1) is 6.92 Å². The van der Waals surface area contributed by atoms with E-state index in [1.165, 1.54) is 4.88 Å². The van der Waals surface area contributed by atoms with Gasteiger partial charge in [0.15, 0.2) is 11.6 Å². The third-order valence-corrected chi connectivity index (χ3v) is 3.94. The van der Waals surface area contributed by atoms with Crippen molar-refractivity contribution in [3.8, 4) is 10.7 Å². The maximum absolute atomic E-state index is 11.7. The second kappa shape index (κ2) is 4.04. The first-order chi connectivity index (χ1) is 8.24. The summed E-state index contributed by atoms with van der Waals surface area (Å²) >= 11 is 1.68. The van der Waals surface area contributed by atoms with Crippen LogP contribution in [0.4, 0.5) is 0 Å². The highest BCUT2D eigenvalue weighted by Gasteiger charge is 2.19. The zero-order valence-electron chi connectivity index (χ0n) is 9.56. The summed E-state index contributed by atoms with van der Waals surface area (Å²) < 4.78 is 0. The molecule has 0 aromatic carbocycles. The maximum Gasteiger partial charge on any atom is 0.169 e. The molecule has 86 valence electrons. The molecule has 0 atom stereocenters. The van der Waals surface area contributed by atoms with Crippen molar-refractivity contribution in [3.05, 3.63) is 34.5 Å². The Balaban J connectivity index is 2.06. The van der Waals surface area contributed by atoms with Gasteiger partial charge in [-0.2, -0.15) is 0 Å². The van der Waals surface area contributed by atoms with Gasteiger partial charge in [0.2, 0.25) is 0 Å². The number of nitrogens with zero attached hydrogens (tertiary/aromatic N) is 2. The number of carbonyl (C=O) groups is 1. The molecule has 4 heteroatoms. The fourth-order valence-corrected chi connectivity index (χ4v) is 2.87. The summed E-state index contributed by atoms with van der Waals surface area (Å²) in [7, 11) is 0. The molecule has 2 heterocycles. The Morgan fingerprint density at radius 1 is 1.29 bits per heavy atom. The minimum Gasteiger partial charge on any atom is -0.294 e. The Bertz CT molecular complexity index is 589. The van der Waals surface area contributed by atoms with Crippen LogP contribution in [-0.4, -0.2) is 15.8 Å². The summed E-state index contributed by atoms with van der Waals surface area (Å²) in [4.78, 5) is 22.8. The van der Waals surface area contributed by atoms with Crippen LogP contribution in [0.2, 0.25) is 0 Å². The van der Waals surface area contributed by atoms with Gasteiger partial charge < -0.3 is 0 Å². The molecule has 0 spiro atoms. The van der Waals surface area contributed by atoms with Gasteiger partial charge in [-0.25, -0.2) is 9.97 Å². The number of rotatable bonds is 1. The van der Waals surface area contributed by atoms with Gasteiger partial charge in [-0.15, -0.1) is 11.3 Å². The van der Waals surface area contributed by atoms with E-state index in [1.807, 2.05) is 6.07 Å². The predicted octanol–water partition coefficient (Wildman–Crippen LogP) is 3.03. The zero-order chi connectivity index (χ0) is 11.8. The molecule has 0 saturated heterocycles. The van der Waals surface area contributed by atoms with Crippen LogP contribution >= 0.6 is 11.3 Å². The molecule has 3 nitrogen and oxygen atoms in total. The Labute approximate surface area is 104 Å². The molecule has 0 unspecified atom stereocenters. The standard InChI is InChI=1S/C13H12N2OS/c1-8-5-6-12(17-8)13-14-7-9-10(15-13)3-2-4-11(9)16/h5-7H,2-4H2,1H3. The number of hydrogen-bond acceptors (Lipinski definition) is 4. The first kappa shape index (κ1) is 10.6. The lowest BCUT2D eigenvalue weighted by Gasteiger charge is -2.13. The molecule has 0 bridgehead atoms. The third kappa shape index (κ3) is 1.89. The number of aromatic nitrogens is 2. The van der Waals surface area contributed by atoms with E-state index in [0.717, 1.165) is 29.2 Å². The highest BCUT2D eigenvalue weighted by molar-refractivity contribution is 7.15. The van der Waals surface area contributed by atoms with E-state index in [4.69, 9.17) is 0 Å². The van der Waals surface area contributed by atoms with Crippen LogP contribution in [0.3, 0.4) is 0 Å². The van der Waals surface area contributed by atoms with Gasteiger partial charge in [0, 0.05) is 17.5 Å². The van der Waals surface area contributed by atoms with Crippen LogP contribution in [-0.2, 0) is 6.42 Å². The molecule has 17 heavy (non-hydrogen) atoms. The lowest BCUT2D eigenvalue weighted by Crippen LogP contribution is -2.13. The van der Waals surface area contributed by atoms with Crippen molar-refractivity contribution in [1.82, 2.24) is 9.97 Å². The van der Waals surface area contributed by atoms with Gasteiger partial charge in [-0.05, 0) is 31.9 Å². The van der Waals surface area contributed by atoms with Crippen molar-refractivity contribution in [2.45, 2.75) is 26.2 Å². The van der Waals surface area contributed by atoms with Gasteiger partial charge in [0.25, 0.3) is 0 Å². The molecule has 0 radical (unpaired) electrons. The molecule has 1 aliphatic carbocycles. The second-order valence-corrected chi connectivity index (χ2v) is 5.53.